The van der Waals surface area contributed by atoms with Gasteiger partial charge in [-0.05, 0) is 37.1 Å². The molecule has 0 saturated heterocycles. The fourth-order valence-electron chi connectivity index (χ4n) is 4.21. The maximum absolute atomic E-state index is 15.0. The normalized spacial score (nSPS) is 13.8. The highest BCUT2D eigenvalue weighted by atomic mass is 19.1. The zero-order chi connectivity index (χ0) is 23.5. The largest absolute Gasteiger partial charge is 0.496 e. The van der Waals surface area contributed by atoms with E-state index in [1.165, 1.54) is 7.11 Å². The first kappa shape index (κ1) is 22.4. The summed E-state index contributed by atoms with van der Waals surface area (Å²) in [6.07, 6.45) is 4.29. The Bertz CT molecular complexity index is 1200. The van der Waals surface area contributed by atoms with Crippen molar-refractivity contribution in [2.75, 3.05) is 12.8 Å². The third kappa shape index (κ3) is 4.30. The molecule has 2 aromatic carbocycles. The second-order valence-corrected chi connectivity index (χ2v) is 7.95. The van der Waals surface area contributed by atoms with Gasteiger partial charge in [-0.2, -0.15) is 5.10 Å². The maximum Gasteiger partial charge on any atom is 0.255 e. The number of nitrogen functional groups attached to an aromatic ring is 1. The smallest absolute Gasteiger partial charge is 0.255 e. The number of carbonyl (C=O) groups is 2. The number of amides is 1. The molecule has 1 saturated carbocycles. The number of anilines is 1. The molecule has 1 heterocycles. The van der Waals surface area contributed by atoms with Gasteiger partial charge in [0.25, 0.3) is 5.91 Å². The van der Waals surface area contributed by atoms with E-state index in [0.717, 1.165) is 37.8 Å². The molecule has 3 aromatic rings. The second kappa shape index (κ2) is 9.40. The van der Waals surface area contributed by atoms with Gasteiger partial charge in [-0.25, -0.2) is 13.5 Å². The number of aromatic nitrogens is 2. The van der Waals surface area contributed by atoms with Crippen LogP contribution in [0, 0.1) is 11.6 Å². The average molecular weight is 454 g/mol. The van der Waals surface area contributed by atoms with Crippen LogP contribution in [-0.2, 0) is 6.54 Å². The standard InChI is InChI=1S/C24H24F2N4O3/c1-33-21-9-5-4-8-16(21)24(32)28-12-14-10-20(26)17(11-19(14)25)22-18(13-31)23(27)30(29-22)15-6-2-3-7-15/h4-5,8-11,13,15H,2-3,6-7,12,27H2,1H3,(H,28,32). The summed E-state index contributed by atoms with van der Waals surface area (Å²) in [6.45, 7) is -0.237. The van der Waals surface area contributed by atoms with E-state index >= 15 is 4.39 Å². The van der Waals surface area contributed by atoms with E-state index in [9.17, 15) is 14.0 Å². The molecule has 1 fully saturated rings. The van der Waals surface area contributed by atoms with Crippen LogP contribution in [0.5, 0.6) is 5.75 Å². The highest BCUT2D eigenvalue weighted by molar-refractivity contribution is 5.97. The van der Waals surface area contributed by atoms with E-state index in [2.05, 4.69) is 10.4 Å². The van der Waals surface area contributed by atoms with Crippen LogP contribution in [0.25, 0.3) is 11.3 Å². The number of rotatable bonds is 7. The molecule has 172 valence electrons. The van der Waals surface area contributed by atoms with Gasteiger partial charge in [-0.1, -0.05) is 25.0 Å². The number of para-hydroxylation sites is 1. The molecule has 1 aromatic heterocycles. The lowest BCUT2D eigenvalue weighted by molar-refractivity contribution is 0.0947. The summed E-state index contributed by atoms with van der Waals surface area (Å²) in [5, 5.41) is 6.94. The van der Waals surface area contributed by atoms with Crippen LogP contribution in [0.3, 0.4) is 0 Å². The minimum atomic E-state index is -0.767. The Morgan fingerprint density at radius 3 is 2.67 bits per heavy atom. The van der Waals surface area contributed by atoms with Gasteiger partial charge < -0.3 is 15.8 Å². The third-order valence-electron chi connectivity index (χ3n) is 5.96. The van der Waals surface area contributed by atoms with E-state index in [4.69, 9.17) is 10.5 Å². The van der Waals surface area contributed by atoms with Gasteiger partial charge in [0.05, 0.1) is 24.3 Å². The lowest BCUT2D eigenvalue weighted by Crippen LogP contribution is -2.24. The molecule has 0 spiro atoms. The van der Waals surface area contributed by atoms with Crippen molar-refractivity contribution in [1.29, 1.82) is 0 Å². The first-order valence-electron chi connectivity index (χ1n) is 10.7. The lowest BCUT2D eigenvalue weighted by atomic mass is 10.0. The topological polar surface area (TPSA) is 99.2 Å². The number of aldehydes is 1. The van der Waals surface area contributed by atoms with Crippen molar-refractivity contribution in [2.24, 2.45) is 0 Å². The van der Waals surface area contributed by atoms with Gasteiger partial charge in [0.2, 0.25) is 0 Å². The molecule has 0 aliphatic heterocycles. The summed E-state index contributed by atoms with van der Waals surface area (Å²) in [5.74, 6) is -1.47. The Morgan fingerprint density at radius 1 is 1.24 bits per heavy atom. The van der Waals surface area contributed by atoms with Crippen LogP contribution < -0.4 is 15.8 Å². The van der Waals surface area contributed by atoms with E-state index in [1.807, 2.05) is 0 Å². The average Bonchev–Trinajstić information content (AvgIpc) is 3.46. The highest BCUT2D eigenvalue weighted by Gasteiger charge is 2.26. The summed E-state index contributed by atoms with van der Waals surface area (Å²) >= 11 is 0. The summed E-state index contributed by atoms with van der Waals surface area (Å²) in [5.41, 5.74) is 6.23. The summed E-state index contributed by atoms with van der Waals surface area (Å²) in [4.78, 5) is 24.1. The molecule has 4 rings (SSSR count). The number of hydrogen-bond donors (Lipinski definition) is 2. The molecule has 33 heavy (non-hydrogen) atoms. The summed E-state index contributed by atoms with van der Waals surface area (Å²) in [7, 11) is 1.44. The minimum absolute atomic E-state index is 0.00964. The zero-order valence-corrected chi connectivity index (χ0v) is 18.1. The summed E-state index contributed by atoms with van der Waals surface area (Å²) < 4.78 is 36.6. The van der Waals surface area contributed by atoms with Crippen molar-refractivity contribution in [1.82, 2.24) is 15.1 Å². The monoisotopic (exact) mass is 454 g/mol. The van der Waals surface area contributed by atoms with Crippen LogP contribution in [0.4, 0.5) is 14.6 Å². The fraction of sp³-hybridized carbons (Fsp3) is 0.292. The molecule has 7 nitrogen and oxygen atoms in total. The first-order chi connectivity index (χ1) is 15.9. The van der Waals surface area contributed by atoms with Crippen LogP contribution in [-0.4, -0.2) is 29.1 Å². The zero-order valence-electron chi connectivity index (χ0n) is 18.1. The Labute approximate surface area is 189 Å². The van der Waals surface area contributed by atoms with Crippen LogP contribution in [0.15, 0.2) is 36.4 Å². The molecule has 1 amide bonds. The molecule has 1 aliphatic carbocycles. The Hall–Kier alpha value is -3.75. The van der Waals surface area contributed by atoms with Crippen molar-refractivity contribution in [3.05, 3.63) is 64.7 Å². The number of methoxy groups -OCH3 is 1. The number of nitrogens with one attached hydrogen (secondary N) is 1. The molecule has 1 aliphatic rings. The molecule has 9 heteroatoms. The van der Waals surface area contributed by atoms with Gasteiger partial charge in [-0.3, -0.25) is 9.59 Å². The molecule has 0 radical (unpaired) electrons. The SMILES string of the molecule is COc1ccccc1C(=O)NCc1cc(F)c(-c2nn(C3CCCC3)c(N)c2C=O)cc1F. The van der Waals surface area contributed by atoms with Gasteiger partial charge in [0, 0.05) is 17.7 Å². The predicted octanol–water partition coefficient (Wildman–Crippen LogP) is 4.28. The third-order valence-corrected chi connectivity index (χ3v) is 5.96. The minimum Gasteiger partial charge on any atom is -0.496 e. The quantitative estimate of drug-likeness (QED) is 0.519. The van der Waals surface area contributed by atoms with Gasteiger partial charge in [0.1, 0.15) is 28.9 Å². The van der Waals surface area contributed by atoms with Gasteiger partial charge in [0.15, 0.2) is 6.29 Å². The Kier molecular flexibility index (Phi) is 6.39. The lowest BCUT2D eigenvalue weighted by Gasteiger charge is -2.11. The van der Waals surface area contributed by atoms with Crippen LogP contribution in [0.1, 0.15) is 58.0 Å². The van der Waals surface area contributed by atoms with Crippen molar-refractivity contribution in [3.8, 4) is 17.0 Å². The number of nitrogens with two attached hydrogens (primary N) is 1. The fourth-order valence-corrected chi connectivity index (χ4v) is 4.21. The van der Waals surface area contributed by atoms with Crippen molar-refractivity contribution in [2.45, 2.75) is 38.3 Å². The molecular formula is C24H24F2N4O3. The van der Waals surface area contributed by atoms with E-state index in [0.29, 0.717) is 12.0 Å². The summed E-state index contributed by atoms with van der Waals surface area (Å²) in [6, 6.07) is 8.60. The van der Waals surface area contributed by atoms with E-state index in [-0.39, 0.29) is 46.4 Å². The maximum atomic E-state index is 15.0. The van der Waals surface area contributed by atoms with Crippen molar-refractivity contribution in [3.63, 3.8) is 0 Å². The van der Waals surface area contributed by atoms with Crippen molar-refractivity contribution >= 4 is 18.0 Å². The predicted molar refractivity (Wildman–Crippen MR) is 119 cm³/mol. The van der Waals surface area contributed by atoms with Crippen LogP contribution in [0.2, 0.25) is 0 Å². The van der Waals surface area contributed by atoms with Crippen molar-refractivity contribution < 1.29 is 23.1 Å². The van der Waals surface area contributed by atoms with E-state index < -0.39 is 17.5 Å². The number of ether oxygens (including phenoxy) is 1. The number of carbonyl (C=O) groups excluding carboxylic acids is 2. The van der Waals surface area contributed by atoms with Gasteiger partial charge >= 0.3 is 0 Å². The van der Waals surface area contributed by atoms with Gasteiger partial charge in [-0.15, -0.1) is 0 Å². The highest BCUT2D eigenvalue weighted by Crippen LogP contribution is 2.36. The first-order valence-corrected chi connectivity index (χ1v) is 10.7. The Morgan fingerprint density at radius 2 is 1.97 bits per heavy atom. The number of halogens is 2. The molecule has 0 atom stereocenters. The number of hydrogen-bond acceptors (Lipinski definition) is 5. The molecular weight excluding hydrogens is 430 g/mol. The molecule has 3 N–H and O–H groups in total. The second-order valence-electron chi connectivity index (χ2n) is 7.95. The molecule has 0 unspecified atom stereocenters. The Balaban J connectivity index is 1.60. The van der Waals surface area contributed by atoms with Crippen LogP contribution >= 0.6 is 0 Å². The number of nitrogens with zero attached hydrogens (tertiary/aromatic N) is 2. The van der Waals surface area contributed by atoms with E-state index in [1.54, 1.807) is 28.9 Å². The number of benzene rings is 2. The molecule has 0 bridgehead atoms.